The summed E-state index contributed by atoms with van der Waals surface area (Å²) in [6.07, 6.45) is 0.769. The summed E-state index contributed by atoms with van der Waals surface area (Å²) < 4.78 is 60.8. The molecule has 1 saturated carbocycles. The number of carbonyl (C=O) groups excluding carboxylic acids is 3. The Morgan fingerprint density at radius 1 is 1.09 bits per heavy atom. The summed E-state index contributed by atoms with van der Waals surface area (Å²) in [5.41, 5.74) is -0.653. The number of ether oxygens (including phenoxy) is 2. The predicted molar refractivity (Wildman–Crippen MR) is 153 cm³/mol. The van der Waals surface area contributed by atoms with Gasteiger partial charge in [0.15, 0.2) is 12.6 Å². The van der Waals surface area contributed by atoms with E-state index in [-0.39, 0.29) is 15.7 Å². The van der Waals surface area contributed by atoms with Crippen LogP contribution in [0.3, 0.4) is 0 Å². The summed E-state index contributed by atoms with van der Waals surface area (Å²) in [5.74, 6) is -3.74. The topological polar surface area (TPSA) is 177 Å². The van der Waals surface area contributed by atoms with E-state index in [1.165, 1.54) is 6.20 Å². The van der Waals surface area contributed by atoms with Crippen molar-refractivity contribution in [3.05, 3.63) is 70.3 Å². The molecule has 3 heterocycles. The van der Waals surface area contributed by atoms with Gasteiger partial charge in [0.05, 0.1) is 11.2 Å². The third-order valence-corrected chi connectivity index (χ3v) is 8.51. The molecule has 2 aromatic carbocycles. The van der Waals surface area contributed by atoms with Crippen LogP contribution in [0.4, 0.5) is 10.1 Å². The lowest BCUT2D eigenvalue weighted by molar-refractivity contribution is -0.162. The van der Waals surface area contributed by atoms with E-state index in [1.54, 1.807) is 41.0 Å². The van der Waals surface area contributed by atoms with Gasteiger partial charge in [0.2, 0.25) is 11.7 Å². The maximum absolute atomic E-state index is 15.3. The second-order valence-corrected chi connectivity index (χ2v) is 11.9. The summed E-state index contributed by atoms with van der Waals surface area (Å²) in [7, 11) is -5.21. The number of benzene rings is 2. The van der Waals surface area contributed by atoms with Crippen molar-refractivity contribution >= 4 is 44.7 Å². The quantitative estimate of drug-likeness (QED) is 0.171. The van der Waals surface area contributed by atoms with Crippen LogP contribution < -0.4 is 25.7 Å². The second-order valence-electron chi connectivity index (χ2n) is 10.6. The molecule has 6 rings (SSSR count). The minimum Gasteiger partial charge on any atom is -0.484 e. The lowest BCUT2D eigenvalue weighted by Gasteiger charge is -2.42. The van der Waals surface area contributed by atoms with Gasteiger partial charge in [0.25, 0.3) is 11.8 Å². The van der Waals surface area contributed by atoms with E-state index in [2.05, 4.69) is 10.6 Å². The van der Waals surface area contributed by atoms with Gasteiger partial charge in [0, 0.05) is 43.8 Å². The van der Waals surface area contributed by atoms with E-state index in [0.29, 0.717) is 43.1 Å². The standard InChI is InChI=1S/C28H28FN5O9S/c29-20-12-18-21(13-22(20)32-10-8-30-9-11-32)33(16-6-7-16)14-19(25(18)36)28(38)43-27-24(26(37)34(27)44(39,40)41)31-23(35)15-42-17-4-2-1-3-5-17/h1-5,12-14,16,24,27,30H,6-11,15H2,(H,31,35)(H,39,40,41). The van der Waals surface area contributed by atoms with Crippen LogP contribution in [-0.4, -0.2) is 84.7 Å². The normalized spacial score (nSPS) is 20.3. The Labute approximate surface area is 250 Å². The Balaban J connectivity index is 1.27. The molecule has 2 atom stereocenters. The first-order valence-electron chi connectivity index (χ1n) is 13.9. The summed E-state index contributed by atoms with van der Waals surface area (Å²) >= 11 is 0. The molecule has 2 unspecified atom stereocenters. The molecule has 3 aromatic rings. The number of amides is 2. The Morgan fingerprint density at radius 3 is 2.45 bits per heavy atom. The molecular weight excluding hydrogens is 601 g/mol. The average Bonchev–Trinajstić information content (AvgIpc) is 3.84. The number of nitrogens with one attached hydrogen (secondary N) is 2. The number of para-hydroxylation sites is 1. The van der Waals surface area contributed by atoms with E-state index in [4.69, 9.17) is 9.47 Å². The molecule has 44 heavy (non-hydrogen) atoms. The Morgan fingerprint density at radius 2 is 1.80 bits per heavy atom. The number of nitrogens with zero attached hydrogens (tertiary/aromatic N) is 3. The van der Waals surface area contributed by atoms with Crippen molar-refractivity contribution in [1.82, 2.24) is 19.5 Å². The third-order valence-electron chi connectivity index (χ3n) is 7.62. The largest absolute Gasteiger partial charge is 0.484 e. The molecular formula is C28H28FN5O9S. The first-order valence-corrected chi connectivity index (χ1v) is 15.3. The van der Waals surface area contributed by atoms with Gasteiger partial charge in [-0.25, -0.2) is 9.18 Å². The van der Waals surface area contributed by atoms with E-state index in [1.807, 2.05) is 4.90 Å². The first kappa shape index (κ1) is 29.5. The first-order chi connectivity index (χ1) is 21.0. The number of halogens is 1. The van der Waals surface area contributed by atoms with Gasteiger partial charge in [-0.3, -0.25) is 18.9 Å². The highest BCUT2D eigenvalue weighted by Crippen LogP contribution is 2.38. The molecule has 2 aliphatic heterocycles. The molecule has 1 aromatic heterocycles. The monoisotopic (exact) mass is 629 g/mol. The number of hydrogen-bond acceptors (Lipinski definition) is 10. The Bertz CT molecular complexity index is 1810. The molecule has 3 aliphatic rings. The maximum atomic E-state index is 15.3. The predicted octanol–water partition coefficient (Wildman–Crippen LogP) is 0.577. The van der Waals surface area contributed by atoms with E-state index < -0.39 is 63.8 Å². The molecule has 2 amide bonds. The zero-order chi connectivity index (χ0) is 31.2. The fraction of sp³-hybridized carbons (Fsp3) is 0.357. The third kappa shape index (κ3) is 5.70. The van der Waals surface area contributed by atoms with Gasteiger partial charge >= 0.3 is 16.3 Å². The lowest BCUT2D eigenvalue weighted by Crippen LogP contribution is -2.73. The molecule has 232 valence electrons. The van der Waals surface area contributed by atoms with Crippen molar-refractivity contribution in [1.29, 1.82) is 0 Å². The van der Waals surface area contributed by atoms with Gasteiger partial charge in [-0.1, -0.05) is 18.2 Å². The van der Waals surface area contributed by atoms with Crippen LogP contribution in [-0.2, 0) is 24.6 Å². The number of piperazine rings is 1. The number of anilines is 1. The number of esters is 1. The summed E-state index contributed by atoms with van der Waals surface area (Å²) in [6, 6.07) is 9.14. The molecule has 2 saturated heterocycles. The molecule has 3 fully saturated rings. The van der Waals surface area contributed by atoms with E-state index >= 15 is 4.39 Å². The molecule has 1 aliphatic carbocycles. The number of hydrogen-bond donors (Lipinski definition) is 3. The summed E-state index contributed by atoms with van der Waals surface area (Å²) in [6.45, 7) is 1.92. The highest BCUT2D eigenvalue weighted by atomic mass is 32.2. The number of β-lactam (4-membered cyclic amide) rings is 1. The number of pyridine rings is 1. The van der Waals surface area contributed by atoms with Crippen LogP contribution in [0.15, 0.2) is 53.5 Å². The van der Waals surface area contributed by atoms with E-state index in [9.17, 15) is 32.1 Å². The molecule has 0 spiro atoms. The zero-order valence-corrected chi connectivity index (χ0v) is 24.0. The Kier molecular flexibility index (Phi) is 7.73. The average molecular weight is 630 g/mol. The molecule has 0 bridgehead atoms. The second kappa shape index (κ2) is 11.5. The van der Waals surface area contributed by atoms with Gasteiger partial charge in [-0.05, 0) is 37.1 Å². The van der Waals surface area contributed by atoms with Gasteiger partial charge in [-0.2, -0.15) is 12.7 Å². The molecule has 3 N–H and O–H groups in total. The minimum atomic E-state index is -5.21. The maximum Gasteiger partial charge on any atom is 0.365 e. The van der Waals surface area contributed by atoms with Gasteiger partial charge in [0.1, 0.15) is 17.1 Å². The highest BCUT2D eigenvalue weighted by molar-refractivity contribution is 7.84. The number of rotatable bonds is 9. The molecule has 14 nitrogen and oxygen atoms in total. The summed E-state index contributed by atoms with van der Waals surface area (Å²) in [4.78, 5) is 53.7. The van der Waals surface area contributed by atoms with Crippen molar-refractivity contribution in [2.24, 2.45) is 0 Å². The van der Waals surface area contributed by atoms with E-state index in [0.717, 1.165) is 18.9 Å². The van der Waals surface area contributed by atoms with Gasteiger partial charge in [-0.15, -0.1) is 0 Å². The fourth-order valence-corrected chi connectivity index (χ4v) is 6.06. The Hall–Kier alpha value is -4.54. The van der Waals surface area contributed by atoms with Gasteiger partial charge < -0.3 is 29.6 Å². The number of fused-ring (bicyclic) bond motifs is 1. The van der Waals surface area contributed by atoms with Crippen LogP contribution in [0.1, 0.15) is 29.2 Å². The minimum absolute atomic E-state index is 0.0674. The summed E-state index contributed by atoms with van der Waals surface area (Å²) in [5, 5.41) is 5.34. The van der Waals surface area contributed by atoms with Crippen molar-refractivity contribution in [3.8, 4) is 5.75 Å². The van der Waals surface area contributed by atoms with Crippen molar-refractivity contribution in [3.63, 3.8) is 0 Å². The van der Waals surface area contributed by atoms with Crippen LogP contribution >= 0.6 is 0 Å². The highest BCUT2D eigenvalue weighted by Gasteiger charge is 2.57. The SMILES string of the molecule is O=C(COc1ccccc1)NC1C(=O)N(S(=O)(=O)O)C1OC(=O)c1cn(C2CC2)c2cc(N3CCNCC3)c(F)cc2c1=O. The van der Waals surface area contributed by atoms with Crippen LogP contribution in [0, 0.1) is 5.82 Å². The van der Waals surface area contributed by atoms with Crippen molar-refractivity contribution in [2.75, 3.05) is 37.7 Å². The van der Waals surface area contributed by atoms with Crippen LogP contribution in [0.2, 0.25) is 0 Å². The van der Waals surface area contributed by atoms with Crippen molar-refractivity contribution < 1.29 is 41.2 Å². The molecule has 0 radical (unpaired) electrons. The fourth-order valence-electron chi connectivity index (χ4n) is 5.29. The number of carbonyl (C=O) groups is 3. The zero-order valence-electron chi connectivity index (χ0n) is 23.1. The smallest absolute Gasteiger partial charge is 0.365 e. The number of aromatic nitrogens is 1. The van der Waals surface area contributed by atoms with Crippen LogP contribution in [0.5, 0.6) is 5.75 Å². The molecule has 16 heteroatoms. The lowest BCUT2D eigenvalue weighted by atomic mass is 10.1. The van der Waals surface area contributed by atoms with Crippen molar-refractivity contribution in [2.45, 2.75) is 31.2 Å². The van der Waals surface area contributed by atoms with Crippen LogP contribution in [0.25, 0.3) is 10.9 Å².